The third kappa shape index (κ3) is 2.32. The quantitative estimate of drug-likeness (QED) is 0.634. The highest BCUT2D eigenvalue weighted by molar-refractivity contribution is 5.68. The number of carboxylic acid groups (broad SMARTS) is 1. The molecule has 0 unspecified atom stereocenters. The van der Waals surface area contributed by atoms with Crippen LogP contribution in [-0.2, 0) is 16.6 Å². The van der Waals surface area contributed by atoms with Crippen LogP contribution < -0.4 is 5.32 Å². The minimum atomic E-state index is -0.967. The summed E-state index contributed by atoms with van der Waals surface area (Å²) in [6, 6.07) is -0.530. The number of hydrogen-bond donors (Lipinski definition) is 2. The van der Waals surface area contributed by atoms with Crippen molar-refractivity contribution in [2.75, 3.05) is 0 Å². The lowest BCUT2D eigenvalue weighted by atomic mass is 10.1. The number of rotatable bonds is 5. The Kier molecular flexibility index (Phi) is 3.22. The van der Waals surface area contributed by atoms with Crippen molar-refractivity contribution in [3.63, 3.8) is 0 Å². The fourth-order valence-electron chi connectivity index (χ4n) is 1.21. The predicted molar refractivity (Wildman–Crippen MR) is 47.4 cm³/mol. The van der Waals surface area contributed by atoms with E-state index in [9.17, 15) is 9.59 Å². The zero-order valence-electron chi connectivity index (χ0n) is 7.67. The van der Waals surface area contributed by atoms with E-state index in [4.69, 9.17) is 5.11 Å². The molecule has 1 heterocycles. The average molecular weight is 197 g/mol. The van der Waals surface area contributed by atoms with E-state index in [0.717, 1.165) is 0 Å². The molecular weight excluding hydrogens is 186 g/mol. The van der Waals surface area contributed by atoms with Crippen LogP contribution in [0.2, 0.25) is 0 Å². The number of nitrogens with zero attached hydrogens (tertiary/aromatic N) is 2. The minimum absolute atomic E-state index is 0.154. The van der Waals surface area contributed by atoms with Crippen LogP contribution in [-0.4, -0.2) is 27.0 Å². The van der Waals surface area contributed by atoms with Gasteiger partial charge in [-0.25, -0.2) is 4.98 Å². The van der Waals surface area contributed by atoms with Crippen molar-refractivity contribution in [1.82, 2.24) is 14.9 Å². The fraction of sp³-hybridized carbons (Fsp3) is 0.375. The second kappa shape index (κ2) is 4.40. The Labute approximate surface area is 80.6 Å². The molecule has 0 saturated carbocycles. The van der Waals surface area contributed by atoms with Crippen molar-refractivity contribution in [3.05, 3.63) is 18.2 Å². The number of aromatic nitrogens is 2. The third-order valence-corrected chi connectivity index (χ3v) is 1.86. The average Bonchev–Trinajstić information content (AvgIpc) is 2.50. The van der Waals surface area contributed by atoms with Gasteiger partial charge >= 0.3 is 5.97 Å². The molecule has 0 aromatic carbocycles. The summed E-state index contributed by atoms with van der Waals surface area (Å²) in [5.74, 6) is -0.967. The van der Waals surface area contributed by atoms with Crippen LogP contribution in [0.4, 0.5) is 0 Å². The van der Waals surface area contributed by atoms with Gasteiger partial charge in [0.1, 0.15) is 0 Å². The van der Waals surface area contributed by atoms with Crippen molar-refractivity contribution >= 4 is 12.4 Å². The normalized spacial score (nSPS) is 12.1. The molecule has 1 atom stereocenters. The molecule has 0 aliphatic carbocycles. The summed E-state index contributed by atoms with van der Waals surface area (Å²) < 4.78 is 1.67. The second-order valence-corrected chi connectivity index (χ2v) is 2.86. The van der Waals surface area contributed by atoms with E-state index in [0.29, 0.717) is 12.1 Å². The molecule has 1 amide bonds. The van der Waals surface area contributed by atoms with E-state index in [-0.39, 0.29) is 6.42 Å². The summed E-state index contributed by atoms with van der Waals surface area (Å²) in [4.78, 5) is 24.6. The number of aryl methyl sites for hydroxylation is 1. The highest BCUT2D eigenvalue weighted by Crippen LogP contribution is 2.14. The largest absolute Gasteiger partial charge is 0.481 e. The first-order valence-corrected chi connectivity index (χ1v) is 4.03. The Bertz CT molecular complexity index is 334. The molecule has 0 radical (unpaired) electrons. The molecule has 0 aliphatic heterocycles. The summed E-state index contributed by atoms with van der Waals surface area (Å²) in [5.41, 5.74) is 0.666. The van der Waals surface area contributed by atoms with Crippen LogP contribution in [0.15, 0.2) is 12.5 Å². The molecule has 1 aromatic heterocycles. The lowest BCUT2D eigenvalue weighted by molar-refractivity contribution is -0.137. The number of aliphatic carboxylic acids is 1. The summed E-state index contributed by atoms with van der Waals surface area (Å²) >= 11 is 0. The van der Waals surface area contributed by atoms with E-state index in [1.165, 1.54) is 6.20 Å². The van der Waals surface area contributed by atoms with E-state index in [2.05, 4.69) is 10.3 Å². The van der Waals surface area contributed by atoms with Gasteiger partial charge in [0.05, 0.1) is 30.7 Å². The van der Waals surface area contributed by atoms with Crippen molar-refractivity contribution < 1.29 is 14.7 Å². The Hall–Kier alpha value is -1.85. The van der Waals surface area contributed by atoms with Crippen LogP contribution >= 0.6 is 0 Å². The maximum absolute atomic E-state index is 10.5. The highest BCUT2D eigenvalue weighted by Gasteiger charge is 2.17. The number of carbonyl (C=O) groups excluding carboxylic acids is 1. The third-order valence-electron chi connectivity index (χ3n) is 1.86. The molecule has 2 N–H and O–H groups in total. The van der Waals surface area contributed by atoms with Crippen LogP contribution in [0.5, 0.6) is 0 Å². The highest BCUT2D eigenvalue weighted by atomic mass is 16.4. The van der Waals surface area contributed by atoms with Gasteiger partial charge in [0.15, 0.2) is 0 Å². The first-order chi connectivity index (χ1) is 6.65. The van der Waals surface area contributed by atoms with Crippen molar-refractivity contribution in [1.29, 1.82) is 0 Å². The standard InChI is InChI=1S/C8H11N3O3/c1-11-4-9-3-7(11)6(10-5-12)2-8(13)14/h3-6H,2H2,1H3,(H,10,12)(H,13,14)/t6-/m1/s1. The monoisotopic (exact) mass is 197 g/mol. The Morgan fingerprint density at radius 2 is 2.57 bits per heavy atom. The zero-order chi connectivity index (χ0) is 10.6. The summed E-state index contributed by atoms with van der Waals surface area (Å²) in [7, 11) is 1.74. The Morgan fingerprint density at radius 3 is 3.00 bits per heavy atom. The smallest absolute Gasteiger partial charge is 0.305 e. The topological polar surface area (TPSA) is 84.2 Å². The molecule has 6 heteroatoms. The molecule has 1 aromatic rings. The van der Waals surface area contributed by atoms with Crippen molar-refractivity contribution in [2.24, 2.45) is 7.05 Å². The number of carbonyl (C=O) groups is 2. The van der Waals surface area contributed by atoms with Crippen LogP contribution in [0.25, 0.3) is 0 Å². The molecule has 0 saturated heterocycles. The first-order valence-electron chi connectivity index (χ1n) is 4.03. The van der Waals surface area contributed by atoms with Crippen LogP contribution in [0, 0.1) is 0 Å². The molecule has 0 spiro atoms. The van der Waals surface area contributed by atoms with E-state index in [1.807, 2.05) is 0 Å². The molecule has 0 aliphatic rings. The summed E-state index contributed by atoms with van der Waals surface area (Å²) in [6.07, 6.45) is 3.42. The Morgan fingerprint density at radius 1 is 1.86 bits per heavy atom. The molecule has 76 valence electrons. The molecule has 6 nitrogen and oxygen atoms in total. The van der Waals surface area contributed by atoms with E-state index < -0.39 is 12.0 Å². The Balaban J connectivity index is 2.82. The SMILES string of the molecule is Cn1cncc1[C@@H](CC(=O)O)NC=O. The molecule has 0 fully saturated rings. The van der Waals surface area contributed by atoms with Gasteiger partial charge in [-0.3, -0.25) is 9.59 Å². The zero-order valence-corrected chi connectivity index (χ0v) is 7.67. The fourth-order valence-corrected chi connectivity index (χ4v) is 1.21. The van der Waals surface area contributed by atoms with Crippen molar-refractivity contribution in [3.8, 4) is 0 Å². The number of imidazole rings is 1. The number of amides is 1. The van der Waals surface area contributed by atoms with Crippen LogP contribution in [0.1, 0.15) is 18.2 Å². The van der Waals surface area contributed by atoms with E-state index >= 15 is 0 Å². The number of carboxylic acids is 1. The van der Waals surface area contributed by atoms with Gasteiger partial charge in [-0.2, -0.15) is 0 Å². The van der Waals surface area contributed by atoms with Gasteiger partial charge < -0.3 is 15.0 Å². The molecule has 0 bridgehead atoms. The van der Waals surface area contributed by atoms with Gasteiger partial charge in [-0.15, -0.1) is 0 Å². The summed E-state index contributed by atoms with van der Waals surface area (Å²) in [5, 5.41) is 11.0. The van der Waals surface area contributed by atoms with E-state index in [1.54, 1.807) is 17.9 Å². The summed E-state index contributed by atoms with van der Waals surface area (Å²) in [6.45, 7) is 0. The predicted octanol–water partition coefficient (Wildman–Crippen LogP) is -0.318. The van der Waals surface area contributed by atoms with Gasteiger partial charge in [-0.1, -0.05) is 0 Å². The maximum atomic E-state index is 10.5. The minimum Gasteiger partial charge on any atom is -0.481 e. The van der Waals surface area contributed by atoms with Gasteiger partial charge in [0, 0.05) is 7.05 Å². The van der Waals surface area contributed by atoms with Gasteiger partial charge in [-0.05, 0) is 0 Å². The lowest BCUT2D eigenvalue weighted by Gasteiger charge is -2.13. The van der Waals surface area contributed by atoms with Crippen molar-refractivity contribution in [2.45, 2.75) is 12.5 Å². The number of hydrogen-bond acceptors (Lipinski definition) is 3. The molecular formula is C8H11N3O3. The van der Waals surface area contributed by atoms with Gasteiger partial charge in [0.2, 0.25) is 6.41 Å². The van der Waals surface area contributed by atoms with Crippen LogP contribution in [0.3, 0.4) is 0 Å². The second-order valence-electron chi connectivity index (χ2n) is 2.86. The first kappa shape index (κ1) is 10.2. The lowest BCUT2D eigenvalue weighted by Crippen LogP contribution is -2.24. The number of nitrogens with one attached hydrogen (secondary N) is 1. The van der Waals surface area contributed by atoms with Gasteiger partial charge in [0.25, 0.3) is 0 Å². The molecule has 1 rings (SSSR count). The maximum Gasteiger partial charge on any atom is 0.305 e. The molecule has 14 heavy (non-hydrogen) atoms.